The van der Waals surface area contributed by atoms with E-state index in [1.54, 1.807) is 34.6 Å². The standard InChI is InChI=1S/C43H58N8O11S/c1-9-33-41(7)36(51(44)40(55)60-41)25(4)34(52)23(2)20-42-37(26(5)35(53)27(6)38(54)58-33)59-39-43(42,62-61-42)32(19-24(3)57-39)49(8)17-15-29-21-50(47-45-29)16-10-18-56-30-13-11-28(12-14-30)31-22-63-48-46-31/h11-14,21-27,32-33,36-37,39H,9-10,15-20,44H2,1-8H3/t23-,24-,25+,26+,27-,32+,33-,36-,37-,39+,41-,42-,43?/m1/s1. The molecule has 2 spiro atoms. The third-order valence-corrected chi connectivity index (χ3v) is 14.5. The fourth-order valence-corrected chi connectivity index (χ4v) is 11.1. The smallest absolute Gasteiger partial charge is 0.425 e. The number of Topliss-reactive ketones (excluding diaryl/α,β-unsaturated/α-hetero) is 2. The van der Waals surface area contributed by atoms with Crippen molar-refractivity contribution in [3.8, 4) is 17.0 Å². The molecule has 3 aromatic rings. The topological polar surface area (TPSA) is 222 Å². The molecule has 0 radical (unpaired) electrons. The Balaban J connectivity index is 0.990. The van der Waals surface area contributed by atoms with Gasteiger partial charge in [0.2, 0.25) is 5.60 Å². The minimum atomic E-state index is -1.49. The summed E-state index contributed by atoms with van der Waals surface area (Å²) in [6, 6.07) is 6.42. The summed E-state index contributed by atoms with van der Waals surface area (Å²) >= 11 is 1.31. The van der Waals surface area contributed by atoms with E-state index in [1.165, 1.54) is 18.5 Å². The van der Waals surface area contributed by atoms with Crippen LogP contribution in [0.3, 0.4) is 0 Å². The number of esters is 1. The lowest BCUT2D eigenvalue weighted by Crippen LogP contribution is -2.81. The second-order valence-electron chi connectivity index (χ2n) is 18.1. The summed E-state index contributed by atoms with van der Waals surface area (Å²) in [4.78, 5) is 70.5. The van der Waals surface area contributed by atoms with Gasteiger partial charge in [0.05, 0.1) is 24.4 Å². The summed E-state index contributed by atoms with van der Waals surface area (Å²) in [7, 11) is 1.99. The fraction of sp³-hybridized carbons (Fsp3) is 0.674. The zero-order valence-corrected chi connectivity index (χ0v) is 37.8. The molecule has 1 unspecified atom stereocenters. The van der Waals surface area contributed by atoms with Crippen molar-refractivity contribution in [3.63, 3.8) is 0 Å². The zero-order chi connectivity index (χ0) is 45.0. The first-order valence-electron chi connectivity index (χ1n) is 21.9. The number of amides is 1. The number of nitrogens with zero attached hydrogens (tertiary/aromatic N) is 7. The monoisotopic (exact) mass is 894 g/mol. The lowest BCUT2D eigenvalue weighted by atomic mass is 9.63. The molecule has 5 aliphatic rings. The Morgan fingerprint density at radius 1 is 1.00 bits per heavy atom. The lowest BCUT2D eigenvalue weighted by Gasteiger charge is -2.61. The van der Waals surface area contributed by atoms with Crippen LogP contribution in [0.15, 0.2) is 35.8 Å². The number of fused-ring (bicyclic) bond motifs is 1. The minimum Gasteiger partial charge on any atom is -0.494 e. The number of rotatable bonds is 11. The number of hydrazine groups is 1. The number of hydrogen-bond acceptors (Lipinski definition) is 18. The second-order valence-corrected chi connectivity index (χ2v) is 18.7. The number of ketones is 2. The van der Waals surface area contributed by atoms with E-state index in [0.29, 0.717) is 32.5 Å². The van der Waals surface area contributed by atoms with Crippen LogP contribution >= 0.6 is 11.5 Å². The molecule has 63 heavy (non-hydrogen) atoms. The molecule has 1 aromatic carbocycles. The third-order valence-electron chi connectivity index (χ3n) is 14.0. The Kier molecular flexibility index (Phi) is 12.5. The van der Waals surface area contributed by atoms with Gasteiger partial charge in [-0.15, -0.1) is 10.2 Å². The maximum atomic E-state index is 14.6. The number of hydrogen-bond donors (Lipinski definition) is 1. The number of aryl methyl sites for hydroxylation is 1. The highest BCUT2D eigenvalue weighted by atomic mass is 32.1. The number of aromatic nitrogens is 5. The van der Waals surface area contributed by atoms with Gasteiger partial charge in [0, 0.05) is 60.8 Å². The molecule has 1 amide bonds. The maximum Gasteiger partial charge on any atom is 0.425 e. The van der Waals surface area contributed by atoms with Gasteiger partial charge in [-0.1, -0.05) is 37.4 Å². The lowest BCUT2D eigenvalue weighted by molar-refractivity contribution is -0.574. The predicted molar refractivity (Wildman–Crippen MR) is 223 cm³/mol. The Bertz CT molecular complexity index is 2160. The van der Waals surface area contributed by atoms with E-state index >= 15 is 0 Å². The molecule has 5 saturated heterocycles. The van der Waals surface area contributed by atoms with Crippen molar-refractivity contribution < 1.29 is 52.6 Å². The van der Waals surface area contributed by atoms with Crippen molar-refractivity contribution in [2.45, 2.75) is 141 Å². The summed E-state index contributed by atoms with van der Waals surface area (Å²) < 4.78 is 36.7. The summed E-state index contributed by atoms with van der Waals surface area (Å²) in [5, 5.41) is 15.7. The SMILES string of the molecule is CC[C@H]1OC(=O)[C@H](C)C(=O)[C@H](C)[C@H]2O[C@@H]3O[C@H](C)C[C@H](N(C)CCc4cn(CCCOc5ccc(-c6csnn6)cc5)nn4)C34OO[C@]24C[C@@H](C)C(=O)[C@H](C)[C@H]2N(N)C(=O)O[C@]12C. The van der Waals surface area contributed by atoms with Crippen LogP contribution in [0.2, 0.25) is 0 Å². The molecular weight excluding hydrogens is 837 g/mol. The number of ether oxygens (including phenoxy) is 5. The van der Waals surface area contributed by atoms with E-state index in [4.69, 9.17) is 39.3 Å². The van der Waals surface area contributed by atoms with Crippen molar-refractivity contribution >= 4 is 35.2 Å². The van der Waals surface area contributed by atoms with Gasteiger partial charge >= 0.3 is 12.1 Å². The highest BCUT2D eigenvalue weighted by Crippen LogP contribution is 2.63. The molecule has 8 rings (SSSR count). The van der Waals surface area contributed by atoms with E-state index in [1.807, 2.05) is 54.5 Å². The summed E-state index contributed by atoms with van der Waals surface area (Å²) in [5.41, 5.74) is -1.49. The molecule has 0 saturated carbocycles. The summed E-state index contributed by atoms with van der Waals surface area (Å²) in [5.74, 6) is 1.93. The van der Waals surface area contributed by atoms with Crippen molar-refractivity contribution in [2.24, 2.45) is 29.5 Å². The number of nitrogens with two attached hydrogens (primary N) is 1. The minimum absolute atomic E-state index is 0.0868. The maximum absolute atomic E-state index is 14.6. The average molecular weight is 895 g/mol. The van der Waals surface area contributed by atoms with Gasteiger partial charge in [-0.05, 0) is 82.9 Å². The van der Waals surface area contributed by atoms with Crippen molar-refractivity contribution in [1.29, 1.82) is 0 Å². The first-order chi connectivity index (χ1) is 30.0. The number of carbonyl (C=O) groups is 4. The highest BCUT2D eigenvalue weighted by Gasteiger charge is 2.83. The first kappa shape index (κ1) is 45.1. The van der Waals surface area contributed by atoms with Crippen LogP contribution in [0.1, 0.15) is 79.8 Å². The normalized spacial score (nSPS) is 37.0. The van der Waals surface area contributed by atoms with E-state index in [-0.39, 0.29) is 30.8 Å². The Morgan fingerprint density at radius 3 is 2.44 bits per heavy atom. The Labute approximate surface area is 370 Å². The molecule has 2 aromatic heterocycles. The molecule has 2 N–H and O–H groups in total. The molecular formula is C43H58N8O11S. The number of carbonyl (C=O) groups excluding carboxylic acids is 4. The largest absolute Gasteiger partial charge is 0.494 e. The van der Waals surface area contributed by atoms with E-state index in [2.05, 4.69) is 24.8 Å². The zero-order valence-electron chi connectivity index (χ0n) is 37.0. The molecule has 5 fully saturated rings. The quantitative estimate of drug-likeness (QED) is 0.0719. The van der Waals surface area contributed by atoms with Gasteiger partial charge in [0.1, 0.15) is 41.4 Å². The van der Waals surface area contributed by atoms with Crippen LogP contribution in [-0.4, -0.2) is 132 Å². The molecule has 7 heterocycles. The van der Waals surface area contributed by atoms with Crippen LogP contribution in [-0.2, 0) is 56.1 Å². The van der Waals surface area contributed by atoms with Gasteiger partial charge in [0.15, 0.2) is 23.3 Å². The average Bonchev–Trinajstić information content (AvgIpc) is 4.05. The van der Waals surface area contributed by atoms with Crippen LogP contribution in [0.4, 0.5) is 4.79 Å². The van der Waals surface area contributed by atoms with Gasteiger partial charge in [-0.3, -0.25) is 24.0 Å². The van der Waals surface area contributed by atoms with Crippen LogP contribution in [0.25, 0.3) is 11.3 Å². The van der Waals surface area contributed by atoms with Crippen molar-refractivity contribution in [3.05, 3.63) is 41.5 Å². The molecule has 19 nitrogen and oxygen atoms in total. The van der Waals surface area contributed by atoms with Crippen LogP contribution in [0.5, 0.6) is 5.75 Å². The van der Waals surface area contributed by atoms with Crippen LogP contribution < -0.4 is 10.6 Å². The molecule has 13 atom stereocenters. The van der Waals surface area contributed by atoms with E-state index in [0.717, 1.165) is 34.1 Å². The van der Waals surface area contributed by atoms with Gasteiger partial charge in [-0.25, -0.2) is 25.4 Å². The van der Waals surface area contributed by atoms with Crippen LogP contribution in [0, 0.1) is 23.7 Å². The molecule has 342 valence electrons. The van der Waals surface area contributed by atoms with Gasteiger partial charge in [0.25, 0.3) is 0 Å². The highest BCUT2D eigenvalue weighted by molar-refractivity contribution is 7.03. The molecule has 5 aliphatic heterocycles. The number of benzene rings is 1. The molecule has 0 bridgehead atoms. The summed E-state index contributed by atoms with van der Waals surface area (Å²) in [6.45, 7) is 13.7. The van der Waals surface area contributed by atoms with Crippen molar-refractivity contribution in [2.75, 3.05) is 20.2 Å². The Morgan fingerprint density at radius 2 is 1.76 bits per heavy atom. The Hall–Kier alpha value is -4.44. The van der Waals surface area contributed by atoms with E-state index < -0.39 is 82.9 Å². The first-order valence-corrected chi connectivity index (χ1v) is 22.7. The number of likely N-dealkylation sites (N-methyl/N-ethyl adjacent to an activating group) is 1. The molecule has 20 heteroatoms. The van der Waals surface area contributed by atoms with Crippen molar-refractivity contribution in [1.82, 2.24) is 34.5 Å². The summed E-state index contributed by atoms with van der Waals surface area (Å²) in [6.07, 6.45) is 0.0302. The van der Waals surface area contributed by atoms with E-state index in [9.17, 15) is 19.2 Å². The second kappa shape index (κ2) is 17.5. The number of cyclic esters (lactones) is 1. The fourth-order valence-electron chi connectivity index (χ4n) is 10.6. The van der Waals surface area contributed by atoms with Gasteiger partial charge < -0.3 is 23.7 Å². The predicted octanol–water partition coefficient (Wildman–Crippen LogP) is 3.94. The molecule has 0 aliphatic carbocycles. The van der Waals surface area contributed by atoms with Gasteiger partial charge in [-0.2, -0.15) is 0 Å². The third kappa shape index (κ3) is 7.74.